The van der Waals surface area contributed by atoms with Gasteiger partial charge in [-0.15, -0.1) is 0 Å². The number of rotatable bonds is 6. The average molecular weight is 369 g/mol. The molecule has 2 heterocycles. The van der Waals surface area contributed by atoms with Gasteiger partial charge in [0, 0.05) is 13.6 Å². The summed E-state index contributed by atoms with van der Waals surface area (Å²) >= 11 is 0. The molecule has 0 aliphatic carbocycles. The third-order valence-corrected chi connectivity index (χ3v) is 4.29. The monoisotopic (exact) mass is 369 g/mol. The Bertz CT molecular complexity index is 1090. The fourth-order valence-corrected chi connectivity index (χ4v) is 3.03. The lowest BCUT2D eigenvalue weighted by molar-refractivity contribution is 0.0942. The van der Waals surface area contributed by atoms with E-state index in [4.69, 9.17) is 0 Å². The SMILES string of the molecule is CC(C)Cc1cc(C(=O)NCCn2[nH]c(=O)c3ccccc3c2=O)n(C)n1. The summed E-state index contributed by atoms with van der Waals surface area (Å²) in [5, 5.41) is 10.4. The summed E-state index contributed by atoms with van der Waals surface area (Å²) in [6, 6.07) is 8.43. The summed E-state index contributed by atoms with van der Waals surface area (Å²) in [6.45, 7) is 4.56. The number of fused-ring (bicyclic) bond motifs is 1. The van der Waals surface area contributed by atoms with E-state index in [-0.39, 0.29) is 30.1 Å². The van der Waals surface area contributed by atoms with Crippen LogP contribution < -0.4 is 16.4 Å². The molecular formula is C19H23N5O3. The topological polar surface area (TPSA) is 102 Å². The Balaban J connectivity index is 1.70. The van der Waals surface area contributed by atoms with Crippen molar-refractivity contribution < 1.29 is 4.79 Å². The maximum absolute atomic E-state index is 12.5. The van der Waals surface area contributed by atoms with Crippen molar-refractivity contribution in [2.24, 2.45) is 13.0 Å². The van der Waals surface area contributed by atoms with E-state index in [1.165, 1.54) is 4.68 Å². The van der Waals surface area contributed by atoms with Crippen LogP contribution in [-0.2, 0) is 20.0 Å². The van der Waals surface area contributed by atoms with Gasteiger partial charge in [-0.2, -0.15) is 5.10 Å². The van der Waals surface area contributed by atoms with Gasteiger partial charge in [-0.25, -0.2) is 4.68 Å². The van der Waals surface area contributed by atoms with E-state index in [9.17, 15) is 14.4 Å². The van der Waals surface area contributed by atoms with E-state index >= 15 is 0 Å². The maximum atomic E-state index is 12.5. The van der Waals surface area contributed by atoms with Crippen molar-refractivity contribution >= 4 is 16.7 Å². The maximum Gasteiger partial charge on any atom is 0.273 e. The first kappa shape index (κ1) is 18.6. The molecule has 8 heteroatoms. The molecule has 2 aromatic heterocycles. The van der Waals surface area contributed by atoms with Gasteiger partial charge in [0.2, 0.25) is 0 Å². The number of amides is 1. The number of benzene rings is 1. The number of carbonyl (C=O) groups is 1. The molecule has 0 saturated carbocycles. The van der Waals surface area contributed by atoms with E-state index in [0.29, 0.717) is 22.4 Å². The van der Waals surface area contributed by atoms with Crippen LogP contribution in [0.2, 0.25) is 0 Å². The molecule has 0 aliphatic heterocycles. The van der Waals surface area contributed by atoms with Crippen LogP contribution in [0.25, 0.3) is 10.8 Å². The van der Waals surface area contributed by atoms with Gasteiger partial charge >= 0.3 is 0 Å². The summed E-state index contributed by atoms with van der Waals surface area (Å²) in [6.07, 6.45) is 0.800. The molecule has 0 aliphatic rings. The second kappa shape index (κ2) is 7.61. The number of hydrogen-bond donors (Lipinski definition) is 2. The number of aromatic amines is 1. The molecule has 1 aromatic carbocycles. The summed E-state index contributed by atoms with van der Waals surface area (Å²) in [5.74, 6) is 0.184. The number of carbonyl (C=O) groups excluding carboxylic acids is 1. The van der Waals surface area contributed by atoms with Crippen LogP contribution in [0, 0.1) is 5.92 Å². The van der Waals surface area contributed by atoms with Crippen molar-refractivity contribution in [3.05, 3.63) is 62.4 Å². The van der Waals surface area contributed by atoms with Gasteiger partial charge in [0.05, 0.1) is 23.0 Å². The lowest BCUT2D eigenvalue weighted by Crippen LogP contribution is -2.35. The second-order valence-electron chi connectivity index (χ2n) is 6.94. The Kier molecular flexibility index (Phi) is 5.25. The molecule has 0 saturated heterocycles. The van der Waals surface area contributed by atoms with Gasteiger partial charge in [-0.05, 0) is 30.5 Å². The fraction of sp³-hybridized carbons (Fsp3) is 0.368. The number of nitrogens with zero attached hydrogens (tertiary/aromatic N) is 3. The Morgan fingerprint density at radius 1 is 1.22 bits per heavy atom. The molecule has 142 valence electrons. The summed E-state index contributed by atoms with van der Waals surface area (Å²) in [7, 11) is 1.73. The highest BCUT2D eigenvalue weighted by atomic mass is 16.2. The van der Waals surface area contributed by atoms with Crippen molar-refractivity contribution in [2.75, 3.05) is 6.54 Å². The van der Waals surface area contributed by atoms with Crippen molar-refractivity contribution in [3.63, 3.8) is 0 Å². The van der Waals surface area contributed by atoms with Crippen LogP contribution in [0.3, 0.4) is 0 Å². The predicted molar refractivity (Wildman–Crippen MR) is 103 cm³/mol. The lowest BCUT2D eigenvalue weighted by Gasteiger charge is -2.08. The molecule has 27 heavy (non-hydrogen) atoms. The first-order valence-corrected chi connectivity index (χ1v) is 8.89. The molecule has 0 atom stereocenters. The number of hydrogen-bond acceptors (Lipinski definition) is 4. The highest BCUT2D eigenvalue weighted by Gasteiger charge is 2.14. The van der Waals surface area contributed by atoms with Crippen LogP contribution >= 0.6 is 0 Å². The molecule has 3 rings (SSSR count). The van der Waals surface area contributed by atoms with Gasteiger partial charge < -0.3 is 5.32 Å². The smallest absolute Gasteiger partial charge is 0.273 e. The zero-order chi connectivity index (χ0) is 19.6. The summed E-state index contributed by atoms with van der Waals surface area (Å²) in [4.78, 5) is 36.9. The van der Waals surface area contributed by atoms with Gasteiger partial charge in [0.1, 0.15) is 5.69 Å². The van der Waals surface area contributed by atoms with E-state index in [1.807, 2.05) is 0 Å². The van der Waals surface area contributed by atoms with E-state index in [2.05, 4.69) is 29.4 Å². The normalized spacial score (nSPS) is 11.3. The molecular weight excluding hydrogens is 346 g/mol. The summed E-state index contributed by atoms with van der Waals surface area (Å²) < 4.78 is 2.77. The van der Waals surface area contributed by atoms with E-state index < -0.39 is 0 Å². The number of aromatic nitrogens is 4. The van der Waals surface area contributed by atoms with Gasteiger partial charge in [0.15, 0.2) is 0 Å². The highest BCUT2D eigenvalue weighted by Crippen LogP contribution is 2.09. The molecule has 2 N–H and O–H groups in total. The van der Waals surface area contributed by atoms with Crippen LogP contribution in [0.5, 0.6) is 0 Å². The fourth-order valence-electron chi connectivity index (χ4n) is 3.03. The largest absolute Gasteiger partial charge is 0.349 e. The Labute approximate surface area is 155 Å². The zero-order valence-electron chi connectivity index (χ0n) is 15.7. The Hall–Kier alpha value is -3.16. The third kappa shape index (κ3) is 3.99. The minimum absolute atomic E-state index is 0.168. The molecule has 0 bridgehead atoms. The van der Waals surface area contributed by atoms with Crippen molar-refractivity contribution in [3.8, 4) is 0 Å². The van der Waals surface area contributed by atoms with Crippen LogP contribution in [0.1, 0.15) is 30.0 Å². The van der Waals surface area contributed by atoms with Crippen LogP contribution in [0.15, 0.2) is 39.9 Å². The van der Waals surface area contributed by atoms with E-state index in [1.54, 1.807) is 42.1 Å². The minimum Gasteiger partial charge on any atom is -0.349 e. The first-order chi connectivity index (χ1) is 12.9. The van der Waals surface area contributed by atoms with E-state index in [0.717, 1.165) is 12.1 Å². The minimum atomic E-state index is -0.332. The third-order valence-electron chi connectivity index (χ3n) is 4.29. The lowest BCUT2D eigenvalue weighted by atomic mass is 10.1. The average Bonchev–Trinajstić information content (AvgIpc) is 2.98. The molecule has 0 unspecified atom stereocenters. The van der Waals surface area contributed by atoms with Crippen molar-refractivity contribution in [1.29, 1.82) is 0 Å². The van der Waals surface area contributed by atoms with Gasteiger partial charge in [-0.1, -0.05) is 26.0 Å². The molecule has 1 amide bonds. The number of aryl methyl sites for hydroxylation is 1. The zero-order valence-corrected chi connectivity index (χ0v) is 15.7. The standard InChI is InChI=1S/C19H23N5O3/c1-12(2)10-13-11-16(23(3)21-13)18(26)20-8-9-24-19(27)15-7-5-4-6-14(15)17(25)22-24/h4-7,11-12H,8-10H2,1-3H3,(H,20,26)(H,22,25). The number of H-pyrrole nitrogens is 1. The number of nitrogens with one attached hydrogen (secondary N) is 2. The van der Waals surface area contributed by atoms with Gasteiger partial charge in [0.25, 0.3) is 17.0 Å². The quantitative estimate of drug-likeness (QED) is 0.678. The Morgan fingerprint density at radius 2 is 1.93 bits per heavy atom. The molecule has 8 nitrogen and oxygen atoms in total. The molecule has 0 fully saturated rings. The second-order valence-corrected chi connectivity index (χ2v) is 6.94. The Morgan fingerprint density at radius 3 is 2.63 bits per heavy atom. The molecule has 0 spiro atoms. The summed E-state index contributed by atoms with van der Waals surface area (Å²) in [5.41, 5.74) is 0.707. The van der Waals surface area contributed by atoms with Gasteiger partial charge in [-0.3, -0.25) is 24.2 Å². The van der Waals surface area contributed by atoms with Crippen LogP contribution in [-0.4, -0.2) is 32.0 Å². The van der Waals surface area contributed by atoms with Crippen LogP contribution in [0.4, 0.5) is 0 Å². The van der Waals surface area contributed by atoms with Crippen molar-refractivity contribution in [1.82, 2.24) is 24.9 Å². The van der Waals surface area contributed by atoms with Crippen molar-refractivity contribution in [2.45, 2.75) is 26.8 Å². The highest BCUT2D eigenvalue weighted by molar-refractivity contribution is 5.92. The first-order valence-electron chi connectivity index (χ1n) is 8.89. The molecule has 3 aromatic rings. The predicted octanol–water partition coefficient (Wildman–Crippen LogP) is 1.05. The molecule has 0 radical (unpaired) electrons.